The van der Waals surface area contributed by atoms with E-state index in [0.717, 1.165) is 5.56 Å². The number of tetrazole rings is 1. The summed E-state index contributed by atoms with van der Waals surface area (Å²) in [5.74, 6) is 6.28. The van der Waals surface area contributed by atoms with E-state index in [0.29, 0.717) is 17.1 Å². The van der Waals surface area contributed by atoms with Gasteiger partial charge in [0.05, 0.1) is 5.57 Å². The summed E-state index contributed by atoms with van der Waals surface area (Å²) in [7, 11) is 1.68. The van der Waals surface area contributed by atoms with Gasteiger partial charge in [0.15, 0.2) is 11.6 Å². The minimum Gasteiger partial charge on any atom is -0.465 e. The summed E-state index contributed by atoms with van der Waals surface area (Å²) in [6, 6.07) is 14.1. The zero-order valence-corrected chi connectivity index (χ0v) is 13.7. The number of aromatic nitrogens is 5. The monoisotopic (exact) mass is 353 g/mol. The van der Waals surface area contributed by atoms with Crippen LogP contribution in [0.15, 0.2) is 48.5 Å². The highest BCUT2D eigenvalue weighted by atomic mass is 16.6. The summed E-state index contributed by atoms with van der Waals surface area (Å²) in [5, 5.41) is 22.6. The Balaban J connectivity index is 2.23. The molecule has 1 aromatic carbocycles. The molecule has 0 bridgehead atoms. The van der Waals surface area contributed by atoms with Gasteiger partial charge in [0.25, 0.3) is 0 Å². The van der Waals surface area contributed by atoms with Gasteiger partial charge in [0.1, 0.15) is 11.5 Å². The highest BCUT2D eigenvalue weighted by molar-refractivity contribution is 5.93. The molecule has 0 aliphatic carbocycles. The number of nitrogens with two attached hydrogens (primary N) is 1. The van der Waals surface area contributed by atoms with Crippen molar-refractivity contribution in [1.82, 2.24) is 25.2 Å². The van der Waals surface area contributed by atoms with E-state index in [1.807, 2.05) is 30.3 Å². The van der Waals surface area contributed by atoms with Gasteiger partial charge in [-0.1, -0.05) is 36.4 Å². The van der Waals surface area contributed by atoms with Gasteiger partial charge in [0, 0.05) is 7.05 Å². The lowest BCUT2D eigenvalue weighted by molar-refractivity contribution is 0.209. The van der Waals surface area contributed by atoms with Gasteiger partial charge in [-0.2, -0.15) is 5.90 Å². The first-order valence-electron chi connectivity index (χ1n) is 7.46. The van der Waals surface area contributed by atoms with Crippen molar-refractivity contribution in [2.45, 2.75) is 0 Å². The summed E-state index contributed by atoms with van der Waals surface area (Å²) < 4.78 is 1.47. The van der Waals surface area contributed by atoms with Crippen LogP contribution in [0.1, 0.15) is 17.1 Å². The molecule has 132 valence electrons. The Morgan fingerprint density at radius 2 is 1.96 bits per heavy atom. The van der Waals surface area contributed by atoms with Crippen LogP contribution in [0.3, 0.4) is 0 Å². The van der Waals surface area contributed by atoms with Crippen LogP contribution in [-0.2, 0) is 11.9 Å². The second-order valence-electron chi connectivity index (χ2n) is 5.15. The number of aryl methyl sites for hydroxylation is 1. The molecule has 0 aliphatic heterocycles. The number of carbonyl (C=O) groups is 1. The molecule has 10 nitrogen and oxygen atoms in total. The highest BCUT2D eigenvalue weighted by Crippen LogP contribution is 2.30. The lowest BCUT2D eigenvalue weighted by Gasteiger charge is -2.13. The highest BCUT2D eigenvalue weighted by Gasteiger charge is 2.21. The smallest absolute Gasteiger partial charge is 0.410 e. The molecule has 10 heteroatoms. The third-order valence-corrected chi connectivity index (χ3v) is 3.47. The van der Waals surface area contributed by atoms with Crippen LogP contribution in [0.2, 0.25) is 0 Å². The molecule has 0 atom stereocenters. The number of nitrogens with zero attached hydrogens (tertiary/aromatic N) is 5. The Morgan fingerprint density at radius 1 is 1.19 bits per heavy atom. The first kappa shape index (κ1) is 17.0. The van der Waals surface area contributed by atoms with E-state index in [9.17, 15) is 4.79 Å². The molecule has 0 radical (unpaired) electrons. The first-order chi connectivity index (χ1) is 12.6. The minimum atomic E-state index is -1.23. The number of pyridine rings is 1. The second-order valence-corrected chi connectivity index (χ2v) is 5.15. The molecule has 3 rings (SSSR count). The lowest BCUT2D eigenvalue weighted by Crippen LogP contribution is -2.11. The van der Waals surface area contributed by atoms with E-state index in [-0.39, 0.29) is 11.6 Å². The minimum absolute atomic E-state index is 0.132. The van der Waals surface area contributed by atoms with Crippen LogP contribution >= 0.6 is 0 Å². The third kappa shape index (κ3) is 3.49. The number of hydrogen-bond acceptors (Lipinski definition) is 7. The average molecular weight is 353 g/mol. The maximum absolute atomic E-state index is 10.9. The molecule has 2 aromatic heterocycles. The standard InChI is InChI=1S/C16H15N7O3/c1-23-15(20-21-22-23)13(10-6-3-2-4-7-10)14(26-17)11-8-5-9-12(18-11)19-16(24)25/h2-9H,17H2,1H3,(H,18,19)(H,24,25)/b14-13-. The molecule has 1 amide bonds. The van der Waals surface area contributed by atoms with Crippen LogP contribution in [0.4, 0.5) is 10.6 Å². The van der Waals surface area contributed by atoms with Crippen LogP contribution in [0, 0.1) is 0 Å². The number of nitrogens with one attached hydrogen (secondary N) is 1. The molecule has 4 N–H and O–H groups in total. The molecule has 2 heterocycles. The molecule has 0 aliphatic rings. The van der Waals surface area contributed by atoms with E-state index < -0.39 is 6.09 Å². The quantitative estimate of drug-likeness (QED) is 0.463. The van der Waals surface area contributed by atoms with Gasteiger partial charge in [-0.15, -0.1) is 5.10 Å². The topological polar surface area (TPSA) is 141 Å². The van der Waals surface area contributed by atoms with Crippen LogP contribution in [0.25, 0.3) is 11.3 Å². The molecule has 0 fully saturated rings. The van der Waals surface area contributed by atoms with Crippen LogP contribution < -0.4 is 11.2 Å². The molecule has 0 unspecified atom stereocenters. The zero-order chi connectivity index (χ0) is 18.5. The van der Waals surface area contributed by atoms with Crippen molar-refractivity contribution in [3.63, 3.8) is 0 Å². The van der Waals surface area contributed by atoms with E-state index in [2.05, 4.69) is 25.8 Å². The van der Waals surface area contributed by atoms with Crippen molar-refractivity contribution in [3.8, 4) is 0 Å². The van der Waals surface area contributed by atoms with Gasteiger partial charge in [0.2, 0.25) is 0 Å². The molecule has 0 spiro atoms. The number of hydrogen-bond donors (Lipinski definition) is 3. The number of benzene rings is 1. The van der Waals surface area contributed by atoms with Crippen molar-refractivity contribution in [2.75, 3.05) is 5.32 Å². The summed E-state index contributed by atoms with van der Waals surface area (Å²) >= 11 is 0. The Labute approximate surface area is 147 Å². The zero-order valence-electron chi connectivity index (χ0n) is 13.7. The summed E-state index contributed by atoms with van der Waals surface area (Å²) in [6.45, 7) is 0. The second kappa shape index (κ2) is 7.40. The number of amides is 1. The maximum atomic E-state index is 10.9. The summed E-state index contributed by atoms with van der Waals surface area (Å²) in [6.07, 6.45) is -1.23. The molecule has 0 saturated heterocycles. The molecular weight excluding hydrogens is 338 g/mol. The van der Waals surface area contributed by atoms with Gasteiger partial charge in [-0.25, -0.2) is 14.5 Å². The fourth-order valence-corrected chi connectivity index (χ4v) is 2.40. The van der Waals surface area contributed by atoms with E-state index in [4.69, 9.17) is 15.8 Å². The Kier molecular flexibility index (Phi) is 4.85. The van der Waals surface area contributed by atoms with Crippen molar-refractivity contribution in [2.24, 2.45) is 12.9 Å². The Hall–Kier alpha value is -3.79. The van der Waals surface area contributed by atoms with Crippen molar-refractivity contribution >= 4 is 23.2 Å². The van der Waals surface area contributed by atoms with Crippen LogP contribution in [-0.4, -0.2) is 36.4 Å². The van der Waals surface area contributed by atoms with E-state index >= 15 is 0 Å². The van der Waals surface area contributed by atoms with Gasteiger partial charge < -0.3 is 9.94 Å². The third-order valence-electron chi connectivity index (χ3n) is 3.47. The number of rotatable bonds is 5. The predicted molar refractivity (Wildman–Crippen MR) is 92.3 cm³/mol. The van der Waals surface area contributed by atoms with Crippen molar-refractivity contribution < 1.29 is 14.7 Å². The van der Waals surface area contributed by atoms with Crippen molar-refractivity contribution in [3.05, 3.63) is 65.6 Å². The van der Waals surface area contributed by atoms with Gasteiger partial charge in [-0.3, -0.25) is 5.32 Å². The maximum Gasteiger partial charge on any atom is 0.410 e. The number of carboxylic acid groups (broad SMARTS) is 1. The Morgan fingerprint density at radius 3 is 2.58 bits per heavy atom. The van der Waals surface area contributed by atoms with E-state index in [1.165, 1.54) is 10.7 Å². The van der Waals surface area contributed by atoms with Crippen molar-refractivity contribution in [1.29, 1.82) is 0 Å². The van der Waals surface area contributed by atoms with Gasteiger partial charge >= 0.3 is 6.09 Å². The largest absolute Gasteiger partial charge is 0.465 e. The Bertz CT molecular complexity index is 953. The average Bonchev–Trinajstić information content (AvgIpc) is 3.05. The van der Waals surface area contributed by atoms with Crippen LogP contribution in [0.5, 0.6) is 0 Å². The normalized spacial score (nSPS) is 11.6. The molecule has 26 heavy (non-hydrogen) atoms. The summed E-state index contributed by atoms with van der Waals surface area (Å²) in [5.41, 5.74) is 1.59. The first-order valence-corrected chi connectivity index (χ1v) is 7.46. The lowest BCUT2D eigenvalue weighted by atomic mass is 10.0. The van der Waals surface area contributed by atoms with Gasteiger partial charge in [-0.05, 0) is 28.1 Å². The van der Waals surface area contributed by atoms with E-state index in [1.54, 1.807) is 19.2 Å². The fraction of sp³-hybridized carbons (Fsp3) is 0.0625. The molecule has 3 aromatic rings. The summed E-state index contributed by atoms with van der Waals surface area (Å²) in [4.78, 5) is 20.2. The SMILES string of the molecule is Cn1nnnc1/C(=C(\ON)c1cccc(NC(=O)O)n1)c1ccccc1. The number of anilines is 1. The molecule has 0 saturated carbocycles. The fourth-order valence-electron chi connectivity index (χ4n) is 2.40. The molecular formula is C16H15N7O3. The predicted octanol–water partition coefficient (Wildman–Crippen LogP) is 1.50.